The highest BCUT2D eigenvalue weighted by atomic mass is 19.1. The molecule has 1 aromatic heterocycles. The number of rotatable bonds is 4. The predicted octanol–water partition coefficient (Wildman–Crippen LogP) is 2.57. The molecule has 2 rings (SSSR count). The van der Waals surface area contributed by atoms with Crippen LogP contribution >= 0.6 is 0 Å². The van der Waals surface area contributed by atoms with Crippen LogP contribution < -0.4 is 4.74 Å². The fourth-order valence-electron chi connectivity index (χ4n) is 1.52. The second-order valence-corrected chi connectivity index (χ2v) is 3.58. The minimum absolute atomic E-state index is 0.0325. The fraction of sp³-hybridized carbons (Fsp3) is 0.0769. The summed E-state index contributed by atoms with van der Waals surface area (Å²) in [6, 6.07) is 6.93. The SMILES string of the molecule is N#Cc1c(F)cccc1OCc1occc1C(=O)O. The van der Waals surface area contributed by atoms with E-state index in [9.17, 15) is 9.18 Å². The van der Waals surface area contributed by atoms with Crippen molar-refractivity contribution in [1.82, 2.24) is 0 Å². The van der Waals surface area contributed by atoms with Gasteiger partial charge in [0.2, 0.25) is 0 Å². The van der Waals surface area contributed by atoms with Crippen LogP contribution in [0.4, 0.5) is 4.39 Å². The minimum Gasteiger partial charge on any atom is -0.484 e. The van der Waals surface area contributed by atoms with Crippen LogP contribution in [0, 0.1) is 17.1 Å². The summed E-state index contributed by atoms with van der Waals surface area (Å²) < 4.78 is 23.5. The number of carbonyl (C=O) groups is 1. The van der Waals surface area contributed by atoms with E-state index in [0.29, 0.717) is 0 Å². The number of nitrogens with zero attached hydrogens (tertiary/aromatic N) is 1. The molecule has 0 bridgehead atoms. The van der Waals surface area contributed by atoms with Gasteiger partial charge in [-0.25, -0.2) is 9.18 Å². The van der Waals surface area contributed by atoms with Gasteiger partial charge in [-0.3, -0.25) is 0 Å². The summed E-state index contributed by atoms with van der Waals surface area (Å²) in [7, 11) is 0. The van der Waals surface area contributed by atoms with E-state index in [0.717, 1.165) is 6.07 Å². The van der Waals surface area contributed by atoms with E-state index in [1.165, 1.54) is 24.5 Å². The Balaban J connectivity index is 2.20. The Hall–Kier alpha value is -2.81. The Morgan fingerprint density at radius 1 is 1.47 bits per heavy atom. The van der Waals surface area contributed by atoms with Crippen molar-refractivity contribution in [1.29, 1.82) is 5.26 Å². The molecule has 1 aromatic carbocycles. The van der Waals surface area contributed by atoms with Crippen molar-refractivity contribution in [2.24, 2.45) is 0 Å². The smallest absolute Gasteiger partial charge is 0.339 e. The first kappa shape index (κ1) is 12.6. The predicted molar refractivity (Wildman–Crippen MR) is 61.1 cm³/mol. The van der Waals surface area contributed by atoms with Gasteiger partial charge in [0.05, 0.1) is 6.26 Å². The maximum absolute atomic E-state index is 13.3. The highest BCUT2D eigenvalue weighted by Crippen LogP contribution is 2.22. The average Bonchev–Trinajstić information content (AvgIpc) is 2.84. The molecule has 0 aliphatic carbocycles. The van der Waals surface area contributed by atoms with Gasteiger partial charge < -0.3 is 14.3 Å². The van der Waals surface area contributed by atoms with E-state index < -0.39 is 11.8 Å². The number of hydrogen-bond acceptors (Lipinski definition) is 4. The molecule has 0 spiro atoms. The van der Waals surface area contributed by atoms with Crippen molar-refractivity contribution >= 4 is 5.97 Å². The van der Waals surface area contributed by atoms with Gasteiger partial charge >= 0.3 is 5.97 Å². The van der Waals surface area contributed by atoms with Gasteiger partial charge in [-0.1, -0.05) is 6.07 Å². The molecule has 6 heteroatoms. The summed E-state index contributed by atoms with van der Waals surface area (Å²) in [4.78, 5) is 10.8. The summed E-state index contributed by atoms with van der Waals surface area (Å²) in [5.74, 6) is -1.71. The Morgan fingerprint density at radius 3 is 2.95 bits per heavy atom. The number of benzene rings is 1. The van der Waals surface area contributed by atoms with Crippen LogP contribution in [0.3, 0.4) is 0 Å². The summed E-state index contributed by atoms with van der Waals surface area (Å²) in [5.41, 5.74) is -0.263. The largest absolute Gasteiger partial charge is 0.484 e. The molecule has 5 nitrogen and oxygen atoms in total. The van der Waals surface area contributed by atoms with Crippen LogP contribution in [0.1, 0.15) is 21.7 Å². The topological polar surface area (TPSA) is 83.5 Å². The van der Waals surface area contributed by atoms with Gasteiger partial charge in [0.15, 0.2) is 5.76 Å². The average molecular weight is 261 g/mol. The molecule has 96 valence electrons. The Bertz CT molecular complexity index is 657. The van der Waals surface area contributed by atoms with Crippen LogP contribution in [-0.4, -0.2) is 11.1 Å². The molecule has 0 saturated carbocycles. The first-order valence-corrected chi connectivity index (χ1v) is 5.24. The van der Waals surface area contributed by atoms with Gasteiger partial charge in [0.1, 0.15) is 35.4 Å². The van der Waals surface area contributed by atoms with Crippen molar-refractivity contribution in [3.05, 3.63) is 53.2 Å². The van der Waals surface area contributed by atoms with E-state index in [1.54, 1.807) is 6.07 Å². The summed E-state index contributed by atoms with van der Waals surface area (Å²) >= 11 is 0. The van der Waals surface area contributed by atoms with Gasteiger partial charge in [-0.15, -0.1) is 0 Å². The number of furan rings is 1. The maximum Gasteiger partial charge on any atom is 0.339 e. The minimum atomic E-state index is -1.15. The van der Waals surface area contributed by atoms with Crippen LogP contribution in [0.25, 0.3) is 0 Å². The highest BCUT2D eigenvalue weighted by Gasteiger charge is 2.15. The summed E-state index contributed by atoms with van der Waals surface area (Å²) in [6.45, 7) is -0.202. The van der Waals surface area contributed by atoms with Crippen LogP contribution in [0.2, 0.25) is 0 Å². The van der Waals surface area contributed by atoms with E-state index in [1.807, 2.05) is 0 Å². The highest BCUT2D eigenvalue weighted by molar-refractivity contribution is 5.88. The van der Waals surface area contributed by atoms with E-state index in [4.69, 9.17) is 19.5 Å². The molecule has 1 N–H and O–H groups in total. The third kappa shape index (κ3) is 2.55. The molecule has 0 amide bonds. The van der Waals surface area contributed by atoms with Crippen molar-refractivity contribution in [3.63, 3.8) is 0 Å². The second-order valence-electron chi connectivity index (χ2n) is 3.58. The molecule has 0 fully saturated rings. The lowest BCUT2D eigenvalue weighted by molar-refractivity contribution is 0.0692. The summed E-state index contributed by atoms with van der Waals surface area (Å²) in [6.07, 6.45) is 1.22. The number of ether oxygens (including phenoxy) is 1. The standard InChI is InChI=1S/C13H8FNO4/c14-10-2-1-3-11(9(10)6-15)19-7-12-8(13(16)17)4-5-18-12/h1-5H,7H2,(H,16,17). The van der Waals surface area contributed by atoms with E-state index >= 15 is 0 Å². The van der Waals surface area contributed by atoms with Crippen LogP contribution in [0.15, 0.2) is 34.9 Å². The first-order chi connectivity index (χ1) is 9.13. The Labute approximate surface area is 107 Å². The zero-order valence-electron chi connectivity index (χ0n) is 9.59. The molecular formula is C13H8FNO4. The molecule has 0 atom stereocenters. The van der Waals surface area contributed by atoms with Crippen LogP contribution in [-0.2, 0) is 6.61 Å². The van der Waals surface area contributed by atoms with E-state index in [-0.39, 0.29) is 29.2 Å². The van der Waals surface area contributed by atoms with Crippen molar-refractivity contribution in [2.45, 2.75) is 6.61 Å². The zero-order valence-corrected chi connectivity index (χ0v) is 9.59. The first-order valence-electron chi connectivity index (χ1n) is 5.24. The normalized spacial score (nSPS) is 9.89. The third-order valence-corrected chi connectivity index (χ3v) is 2.42. The number of halogens is 1. The number of hydrogen-bond donors (Lipinski definition) is 1. The molecule has 0 unspecified atom stereocenters. The molecular weight excluding hydrogens is 253 g/mol. The van der Waals surface area contributed by atoms with Gasteiger partial charge in [0.25, 0.3) is 0 Å². The maximum atomic E-state index is 13.3. The quantitative estimate of drug-likeness (QED) is 0.914. The molecule has 0 radical (unpaired) electrons. The zero-order chi connectivity index (χ0) is 13.8. The second kappa shape index (κ2) is 5.23. The lowest BCUT2D eigenvalue weighted by Gasteiger charge is -2.07. The lowest BCUT2D eigenvalue weighted by atomic mass is 10.2. The molecule has 19 heavy (non-hydrogen) atoms. The number of aromatic carboxylic acids is 1. The lowest BCUT2D eigenvalue weighted by Crippen LogP contribution is -2.03. The number of nitriles is 1. The Kier molecular flexibility index (Phi) is 3.48. The molecule has 2 aromatic rings. The Morgan fingerprint density at radius 2 is 2.26 bits per heavy atom. The van der Waals surface area contributed by atoms with Gasteiger partial charge in [-0.05, 0) is 18.2 Å². The van der Waals surface area contributed by atoms with Gasteiger partial charge in [0, 0.05) is 0 Å². The molecule has 0 aliphatic heterocycles. The molecule has 1 heterocycles. The van der Waals surface area contributed by atoms with Crippen molar-refractivity contribution < 1.29 is 23.4 Å². The van der Waals surface area contributed by atoms with Crippen molar-refractivity contribution in [2.75, 3.05) is 0 Å². The fourth-order valence-corrected chi connectivity index (χ4v) is 1.52. The molecule has 0 saturated heterocycles. The third-order valence-electron chi connectivity index (χ3n) is 2.42. The van der Waals surface area contributed by atoms with E-state index in [2.05, 4.69) is 0 Å². The van der Waals surface area contributed by atoms with Crippen LogP contribution in [0.5, 0.6) is 5.75 Å². The monoisotopic (exact) mass is 261 g/mol. The summed E-state index contributed by atoms with van der Waals surface area (Å²) in [5, 5.41) is 17.7. The molecule has 0 aliphatic rings. The van der Waals surface area contributed by atoms with Crippen molar-refractivity contribution in [3.8, 4) is 11.8 Å². The number of carboxylic acid groups (broad SMARTS) is 1. The van der Waals surface area contributed by atoms with Gasteiger partial charge in [-0.2, -0.15) is 5.26 Å². The number of carboxylic acids is 1.